The number of rotatable bonds is 7. The van der Waals surface area contributed by atoms with Gasteiger partial charge in [-0.3, -0.25) is 8.87 Å². The summed E-state index contributed by atoms with van der Waals surface area (Å²) in [4.78, 5) is 20.4. The van der Waals surface area contributed by atoms with Gasteiger partial charge < -0.3 is 9.90 Å². The van der Waals surface area contributed by atoms with Crippen molar-refractivity contribution in [2.24, 2.45) is 0 Å². The van der Waals surface area contributed by atoms with Crippen molar-refractivity contribution in [3.8, 4) is 5.69 Å². The number of nitrogens with zero attached hydrogens (tertiary/aromatic N) is 4. The van der Waals surface area contributed by atoms with E-state index in [9.17, 15) is 26.7 Å². The molecule has 0 atom stereocenters. The number of carbonyl (C=O) groups is 1. The van der Waals surface area contributed by atoms with Gasteiger partial charge in [0.25, 0.3) is 10.0 Å². The predicted octanol–water partition coefficient (Wildman–Crippen LogP) is 2.33. The first-order valence-electron chi connectivity index (χ1n) is 11.3. The molecule has 2 aromatic carbocycles. The summed E-state index contributed by atoms with van der Waals surface area (Å²) in [6, 6.07) is 14.3. The number of benzene rings is 2. The van der Waals surface area contributed by atoms with E-state index in [-0.39, 0.29) is 23.0 Å². The number of carboxylic acid groups (broad SMARTS) is 1. The molecule has 194 valence electrons. The van der Waals surface area contributed by atoms with Crippen LogP contribution in [0.1, 0.15) is 22.4 Å². The molecule has 0 spiro atoms. The number of imidazole rings is 1. The Kier molecular flexibility index (Phi) is 6.82. The molecule has 0 radical (unpaired) electrons. The first kappa shape index (κ1) is 26.3. The van der Waals surface area contributed by atoms with Crippen LogP contribution in [0.15, 0.2) is 64.6 Å². The summed E-state index contributed by atoms with van der Waals surface area (Å²) >= 11 is 0. The number of sulfone groups is 1. The van der Waals surface area contributed by atoms with E-state index in [0.29, 0.717) is 32.4 Å². The normalized spacial score (nSPS) is 12.1. The van der Waals surface area contributed by atoms with Crippen molar-refractivity contribution in [1.29, 1.82) is 0 Å². The number of amides is 1. The molecule has 10 nitrogen and oxygen atoms in total. The van der Waals surface area contributed by atoms with E-state index < -0.39 is 26.0 Å². The van der Waals surface area contributed by atoms with Crippen molar-refractivity contribution in [3.05, 3.63) is 77.0 Å². The fourth-order valence-corrected chi connectivity index (χ4v) is 6.05. The van der Waals surface area contributed by atoms with Gasteiger partial charge in [-0.25, -0.2) is 26.8 Å². The minimum Gasteiger partial charge on any atom is -0.529 e. The lowest BCUT2D eigenvalue weighted by Gasteiger charge is -2.24. The third-order valence-electron chi connectivity index (χ3n) is 5.85. The van der Waals surface area contributed by atoms with Gasteiger partial charge in [0.15, 0.2) is 11.7 Å². The van der Waals surface area contributed by atoms with Gasteiger partial charge in [-0.1, -0.05) is 29.8 Å². The Morgan fingerprint density at radius 2 is 1.57 bits per heavy atom. The van der Waals surface area contributed by atoms with E-state index in [4.69, 9.17) is 0 Å². The number of fused-ring (bicyclic) bond motifs is 1. The Labute approximate surface area is 215 Å². The molecular formula is C25H25N4O6S2-. The Bertz CT molecular complexity index is 1710. The van der Waals surface area contributed by atoms with E-state index in [1.165, 1.54) is 16.7 Å². The summed E-state index contributed by atoms with van der Waals surface area (Å²) in [5.41, 5.74) is 4.34. The van der Waals surface area contributed by atoms with Gasteiger partial charge >= 0.3 is 0 Å². The molecule has 1 amide bonds. The highest BCUT2D eigenvalue weighted by atomic mass is 32.2. The first-order chi connectivity index (χ1) is 17.3. The Balaban J connectivity index is 1.65. The van der Waals surface area contributed by atoms with Crippen molar-refractivity contribution in [2.75, 3.05) is 12.8 Å². The molecule has 12 heteroatoms. The lowest BCUT2D eigenvalue weighted by molar-refractivity contribution is -0.259. The largest absolute Gasteiger partial charge is 0.529 e. The SMILES string of the molecule is Cc1ccc(S(=O)(=O)N(CCc2ccc(-n3c(S(C)(=O)=O)nc4c(C)cc(C)nc43)cc2)C(=O)[O-])cc1. The first-order valence-corrected chi connectivity index (χ1v) is 14.6. The van der Waals surface area contributed by atoms with Gasteiger partial charge in [0.1, 0.15) is 5.52 Å². The number of aromatic nitrogens is 3. The van der Waals surface area contributed by atoms with Gasteiger partial charge in [0.05, 0.1) is 4.90 Å². The summed E-state index contributed by atoms with van der Waals surface area (Å²) in [6.45, 7) is 5.08. The van der Waals surface area contributed by atoms with Crippen molar-refractivity contribution in [1.82, 2.24) is 18.8 Å². The highest BCUT2D eigenvalue weighted by Gasteiger charge is 2.25. The highest BCUT2D eigenvalue weighted by Crippen LogP contribution is 2.26. The number of carbonyl (C=O) groups excluding carboxylic acids is 1. The van der Waals surface area contributed by atoms with E-state index in [2.05, 4.69) is 9.97 Å². The van der Waals surface area contributed by atoms with E-state index in [1.807, 2.05) is 13.0 Å². The average Bonchev–Trinajstić information content (AvgIpc) is 3.20. The fourth-order valence-electron chi connectivity index (χ4n) is 4.01. The maximum atomic E-state index is 12.9. The second-order valence-corrected chi connectivity index (χ2v) is 12.6. The van der Waals surface area contributed by atoms with Crippen LogP contribution in [0, 0.1) is 20.8 Å². The molecule has 37 heavy (non-hydrogen) atoms. The maximum Gasteiger partial charge on any atom is 0.265 e. The van der Waals surface area contributed by atoms with Crippen LogP contribution in [0.4, 0.5) is 4.79 Å². The third-order valence-corrected chi connectivity index (χ3v) is 8.56. The molecule has 0 aliphatic heterocycles. The lowest BCUT2D eigenvalue weighted by Crippen LogP contribution is -2.45. The zero-order chi connectivity index (χ0) is 27.1. The summed E-state index contributed by atoms with van der Waals surface area (Å²) in [5, 5.41) is 11.5. The smallest absolute Gasteiger partial charge is 0.265 e. The summed E-state index contributed by atoms with van der Waals surface area (Å²) in [5.74, 6) is 0. The van der Waals surface area contributed by atoms with Gasteiger partial charge in [-0.15, -0.1) is 0 Å². The number of hydrogen-bond acceptors (Lipinski definition) is 8. The van der Waals surface area contributed by atoms with Crippen LogP contribution in [-0.4, -0.2) is 54.6 Å². The Hall–Kier alpha value is -3.77. The van der Waals surface area contributed by atoms with Crippen molar-refractivity contribution in [3.63, 3.8) is 0 Å². The molecule has 4 rings (SSSR count). The zero-order valence-corrected chi connectivity index (χ0v) is 22.3. The molecule has 0 N–H and O–H groups in total. The van der Waals surface area contributed by atoms with Crippen molar-refractivity contribution >= 4 is 37.1 Å². The third kappa shape index (κ3) is 5.20. The molecule has 2 aromatic heterocycles. The predicted molar refractivity (Wildman–Crippen MR) is 136 cm³/mol. The molecule has 0 unspecified atom stereocenters. The van der Waals surface area contributed by atoms with Crippen LogP contribution >= 0.6 is 0 Å². The van der Waals surface area contributed by atoms with Crippen LogP contribution in [0.5, 0.6) is 0 Å². The zero-order valence-electron chi connectivity index (χ0n) is 20.7. The molecule has 0 aliphatic carbocycles. The lowest BCUT2D eigenvalue weighted by atomic mass is 10.1. The van der Waals surface area contributed by atoms with E-state index >= 15 is 0 Å². The van der Waals surface area contributed by atoms with Gasteiger partial charge in [-0.05, 0) is 68.7 Å². The quantitative estimate of drug-likeness (QED) is 0.347. The van der Waals surface area contributed by atoms with Crippen LogP contribution < -0.4 is 5.11 Å². The summed E-state index contributed by atoms with van der Waals surface area (Å²) in [6.07, 6.45) is -0.666. The van der Waals surface area contributed by atoms with Gasteiger partial charge in [-0.2, -0.15) is 0 Å². The molecule has 0 bridgehead atoms. The second-order valence-electron chi connectivity index (χ2n) is 8.83. The maximum absolute atomic E-state index is 12.9. The molecule has 4 aromatic rings. The molecule has 0 saturated carbocycles. The van der Waals surface area contributed by atoms with Crippen LogP contribution in [0.25, 0.3) is 16.9 Å². The second kappa shape index (κ2) is 9.60. The molecular weight excluding hydrogens is 516 g/mol. The number of pyridine rings is 1. The standard InChI is InChI=1S/C25H26N4O6S2/c1-16-5-11-21(12-6-16)37(34,35)28(25(30)31)14-13-19-7-9-20(10-8-19)29-23-22(17(2)15-18(3)26-23)27-24(29)36(4,32)33/h5-12,15H,13-14H2,1-4H3,(H,30,31)/p-1. The molecule has 0 aliphatic rings. The monoisotopic (exact) mass is 541 g/mol. The fraction of sp³-hybridized carbons (Fsp3) is 0.240. The van der Waals surface area contributed by atoms with Crippen molar-refractivity contribution in [2.45, 2.75) is 37.2 Å². The van der Waals surface area contributed by atoms with Crippen molar-refractivity contribution < 1.29 is 26.7 Å². The van der Waals surface area contributed by atoms with Crippen LogP contribution in [-0.2, 0) is 26.3 Å². The Morgan fingerprint density at radius 3 is 2.14 bits per heavy atom. The number of aryl methyl sites for hydroxylation is 3. The number of sulfonamides is 1. The van der Waals surface area contributed by atoms with E-state index in [1.54, 1.807) is 50.2 Å². The van der Waals surface area contributed by atoms with Gasteiger partial charge in [0.2, 0.25) is 15.0 Å². The van der Waals surface area contributed by atoms with Crippen LogP contribution in [0.2, 0.25) is 0 Å². The minimum atomic E-state index is -4.30. The highest BCUT2D eigenvalue weighted by molar-refractivity contribution is 7.90. The average molecular weight is 542 g/mol. The molecule has 2 heterocycles. The summed E-state index contributed by atoms with van der Waals surface area (Å²) < 4.78 is 52.5. The Morgan fingerprint density at radius 1 is 0.946 bits per heavy atom. The minimum absolute atomic E-state index is 0.0828. The van der Waals surface area contributed by atoms with Gasteiger partial charge in [0, 0.05) is 24.2 Å². The molecule has 0 fully saturated rings. The van der Waals surface area contributed by atoms with Crippen LogP contribution in [0.3, 0.4) is 0 Å². The molecule has 0 saturated heterocycles. The summed E-state index contributed by atoms with van der Waals surface area (Å²) in [7, 11) is -7.99. The van der Waals surface area contributed by atoms with E-state index in [0.717, 1.165) is 17.4 Å². The topological polar surface area (TPSA) is 142 Å². The number of hydrogen-bond donors (Lipinski definition) is 0.